The Morgan fingerprint density at radius 3 is 1.58 bits per heavy atom. The number of carbonyl (C=O) groups excluding carboxylic acids is 1. The van der Waals surface area contributed by atoms with E-state index in [0.29, 0.717) is 5.56 Å². The zero-order chi connectivity index (χ0) is 14.3. The lowest BCUT2D eigenvalue weighted by Gasteiger charge is -2.00. The van der Waals surface area contributed by atoms with Gasteiger partial charge in [-0.2, -0.15) is 0 Å². The Bertz CT molecular complexity index is 523. The number of ether oxygens (including phenoxy) is 1. The Morgan fingerprint density at radius 2 is 1.21 bits per heavy atom. The van der Waals surface area contributed by atoms with Gasteiger partial charge in [-0.05, 0) is 43.5 Å². The summed E-state index contributed by atoms with van der Waals surface area (Å²) >= 11 is 0. The van der Waals surface area contributed by atoms with Crippen molar-refractivity contribution in [1.29, 1.82) is 0 Å². The molecule has 0 unspecified atom stereocenters. The molecule has 0 spiro atoms. The second-order valence-corrected chi connectivity index (χ2v) is 4.39. The molecule has 0 radical (unpaired) electrons. The average molecular weight is 256 g/mol. The fourth-order valence-corrected chi connectivity index (χ4v) is 1.57. The molecule has 2 rings (SSSR count). The van der Waals surface area contributed by atoms with Gasteiger partial charge in [0, 0.05) is 0 Å². The van der Waals surface area contributed by atoms with Crippen LogP contribution in [0, 0.1) is 20.8 Å². The molecule has 100 valence electrons. The Kier molecular flexibility index (Phi) is 5.80. The summed E-state index contributed by atoms with van der Waals surface area (Å²) in [5.41, 5.74) is 4.31. The molecule has 0 saturated heterocycles. The molecule has 19 heavy (non-hydrogen) atoms. The third-order valence-electron chi connectivity index (χ3n) is 2.98. The van der Waals surface area contributed by atoms with Crippen LogP contribution in [0.15, 0.2) is 48.5 Å². The molecule has 0 amide bonds. The van der Waals surface area contributed by atoms with Crippen LogP contribution in [0.5, 0.6) is 0 Å². The summed E-state index contributed by atoms with van der Waals surface area (Å²) < 4.78 is 4.58. The van der Waals surface area contributed by atoms with Gasteiger partial charge in [0.1, 0.15) is 0 Å². The average Bonchev–Trinajstić information content (AvgIpc) is 2.42. The lowest BCUT2D eigenvalue weighted by Crippen LogP contribution is -2.02. The van der Waals surface area contributed by atoms with Gasteiger partial charge in [0.2, 0.25) is 0 Å². The van der Waals surface area contributed by atoms with Gasteiger partial charge in [-0.15, -0.1) is 0 Å². The summed E-state index contributed by atoms with van der Waals surface area (Å²) in [6.45, 7) is 6.12. The molecule has 0 atom stereocenters. The van der Waals surface area contributed by atoms with Crippen molar-refractivity contribution in [2.24, 2.45) is 0 Å². The molecule has 0 heterocycles. The standard InChI is InChI=1S/C9H10O2.C8H10/c1-7-5-3-4-6-8(7)9(10)11-2;1-7-5-3-4-6-8(7)2/h3-6H,1-2H3;3-6H,1-2H3. The number of carbonyl (C=O) groups is 1. The maximum absolute atomic E-state index is 11.0. The SMILES string of the molecule is COC(=O)c1ccccc1C.Cc1ccccc1C. The van der Waals surface area contributed by atoms with Crippen LogP contribution in [-0.4, -0.2) is 13.1 Å². The van der Waals surface area contributed by atoms with E-state index in [9.17, 15) is 4.79 Å². The smallest absolute Gasteiger partial charge is 0.338 e. The van der Waals surface area contributed by atoms with Crippen molar-refractivity contribution in [2.45, 2.75) is 20.8 Å². The quantitative estimate of drug-likeness (QED) is 0.718. The first-order valence-corrected chi connectivity index (χ1v) is 6.22. The van der Waals surface area contributed by atoms with Gasteiger partial charge < -0.3 is 4.74 Å². The number of methoxy groups -OCH3 is 1. The topological polar surface area (TPSA) is 26.3 Å². The molecule has 0 N–H and O–H groups in total. The van der Waals surface area contributed by atoms with E-state index in [1.165, 1.54) is 18.2 Å². The van der Waals surface area contributed by atoms with E-state index in [2.05, 4.69) is 42.8 Å². The summed E-state index contributed by atoms with van der Waals surface area (Å²) in [6.07, 6.45) is 0. The van der Waals surface area contributed by atoms with E-state index < -0.39 is 0 Å². The molecule has 2 heteroatoms. The number of hydrogen-bond donors (Lipinski definition) is 0. The van der Waals surface area contributed by atoms with Crippen molar-refractivity contribution >= 4 is 5.97 Å². The predicted octanol–water partition coefficient (Wildman–Crippen LogP) is 4.09. The Labute approximate surface area is 115 Å². The Morgan fingerprint density at radius 1 is 0.789 bits per heavy atom. The molecular weight excluding hydrogens is 236 g/mol. The largest absolute Gasteiger partial charge is 0.465 e. The number of rotatable bonds is 1. The minimum atomic E-state index is -0.275. The van der Waals surface area contributed by atoms with Crippen LogP contribution < -0.4 is 0 Å². The van der Waals surface area contributed by atoms with Crippen molar-refractivity contribution in [3.63, 3.8) is 0 Å². The summed E-state index contributed by atoms with van der Waals surface area (Å²) in [5.74, 6) is -0.275. The third-order valence-corrected chi connectivity index (χ3v) is 2.98. The van der Waals surface area contributed by atoms with E-state index in [1.807, 2.05) is 25.1 Å². The maximum Gasteiger partial charge on any atom is 0.338 e. The van der Waals surface area contributed by atoms with E-state index in [1.54, 1.807) is 6.07 Å². The second kappa shape index (κ2) is 7.37. The normalized spacial score (nSPS) is 9.26. The molecule has 0 bridgehead atoms. The molecule has 0 aliphatic rings. The molecule has 0 fully saturated rings. The zero-order valence-electron chi connectivity index (χ0n) is 11.9. The molecule has 2 nitrogen and oxygen atoms in total. The molecule has 2 aromatic carbocycles. The lowest BCUT2D eigenvalue weighted by atomic mass is 10.1. The van der Waals surface area contributed by atoms with Crippen molar-refractivity contribution in [1.82, 2.24) is 0 Å². The highest BCUT2D eigenvalue weighted by molar-refractivity contribution is 5.90. The van der Waals surface area contributed by atoms with E-state index in [4.69, 9.17) is 0 Å². The zero-order valence-corrected chi connectivity index (χ0v) is 11.9. The van der Waals surface area contributed by atoms with Gasteiger partial charge >= 0.3 is 5.97 Å². The number of esters is 1. The van der Waals surface area contributed by atoms with Crippen molar-refractivity contribution in [2.75, 3.05) is 7.11 Å². The first-order chi connectivity index (χ1) is 9.06. The molecule has 0 saturated carbocycles. The fourth-order valence-electron chi connectivity index (χ4n) is 1.57. The van der Waals surface area contributed by atoms with Crippen LogP contribution in [0.25, 0.3) is 0 Å². The molecule has 2 aromatic rings. The number of aryl methyl sites for hydroxylation is 3. The third kappa shape index (κ3) is 4.59. The van der Waals surface area contributed by atoms with Crippen LogP contribution >= 0.6 is 0 Å². The molecule has 0 aliphatic carbocycles. The Hall–Kier alpha value is -2.09. The highest BCUT2D eigenvalue weighted by Crippen LogP contribution is 2.07. The van der Waals surface area contributed by atoms with Crippen LogP contribution in [0.3, 0.4) is 0 Å². The van der Waals surface area contributed by atoms with Crippen molar-refractivity contribution in [3.8, 4) is 0 Å². The van der Waals surface area contributed by atoms with Crippen LogP contribution in [0.2, 0.25) is 0 Å². The summed E-state index contributed by atoms with van der Waals surface area (Å²) in [7, 11) is 1.38. The first-order valence-electron chi connectivity index (χ1n) is 6.22. The summed E-state index contributed by atoms with van der Waals surface area (Å²) in [6, 6.07) is 15.7. The maximum atomic E-state index is 11.0. The fraction of sp³-hybridized carbons (Fsp3) is 0.235. The minimum Gasteiger partial charge on any atom is -0.465 e. The van der Waals surface area contributed by atoms with Gasteiger partial charge in [0.15, 0.2) is 0 Å². The lowest BCUT2D eigenvalue weighted by molar-refractivity contribution is 0.0600. The van der Waals surface area contributed by atoms with E-state index >= 15 is 0 Å². The second-order valence-electron chi connectivity index (χ2n) is 4.39. The van der Waals surface area contributed by atoms with Crippen molar-refractivity contribution < 1.29 is 9.53 Å². The number of benzene rings is 2. The molecular formula is C17H20O2. The summed E-state index contributed by atoms with van der Waals surface area (Å²) in [4.78, 5) is 11.0. The van der Waals surface area contributed by atoms with Gasteiger partial charge in [0.25, 0.3) is 0 Å². The number of hydrogen-bond acceptors (Lipinski definition) is 2. The highest BCUT2D eigenvalue weighted by atomic mass is 16.5. The minimum absolute atomic E-state index is 0.275. The monoisotopic (exact) mass is 256 g/mol. The van der Waals surface area contributed by atoms with E-state index in [0.717, 1.165) is 5.56 Å². The van der Waals surface area contributed by atoms with Gasteiger partial charge in [-0.25, -0.2) is 4.79 Å². The molecule has 0 aliphatic heterocycles. The van der Waals surface area contributed by atoms with Gasteiger partial charge in [0.05, 0.1) is 12.7 Å². The first kappa shape index (κ1) is 15.0. The molecule has 0 aromatic heterocycles. The van der Waals surface area contributed by atoms with E-state index in [-0.39, 0.29) is 5.97 Å². The van der Waals surface area contributed by atoms with Crippen LogP contribution in [0.4, 0.5) is 0 Å². The predicted molar refractivity (Wildman–Crippen MR) is 78.4 cm³/mol. The summed E-state index contributed by atoms with van der Waals surface area (Å²) in [5, 5.41) is 0. The van der Waals surface area contributed by atoms with Crippen LogP contribution in [-0.2, 0) is 4.74 Å². The Balaban J connectivity index is 0.000000200. The van der Waals surface area contributed by atoms with Crippen molar-refractivity contribution in [3.05, 3.63) is 70.8 Å². The van der Waals surface area contributed by atoms with Gasteiger partial charge in [-0.1, -0.05) is 42.5 Å². The van der Waals surface area contributed by atoms with Crippen LogP contribution in [0.1, 0.15) is 27.0 Å². The van der Waals surface area contributed by atoms with Gasteiger partial charge in [-0.3, -0.25) is 0 Å². The highest BCUT2D eigenvalue weighted by Gasteiger charge is 2.05.